The van der Waals surface area contributed by atoms with Gasteiger partial charge in [0.1, 0.15) is 5.82 Å². The second-order valence-electron chi connectivity index (χ2n) is 5.32. The Morgan fingerprint density at radius 3 is 2.75 bits per heavy atom. The summed E-state index contributed by atoms with van der Waals surface area (Å²) in [6.07, 6.45) is 0.863. The molecule has 0 aromatic heterocycles. The summed E-state index contributed by atoms with van der Waals surface area (Å²) >= 11 is 0. The van der Waals surface area contributed by atoms with Gasteiger partial charge < -0.3 is 4.90 Å². The van der Waals surface area contributed by atoms with E-state index in [1.54, 1.807) is 19.1 Å². The zero-order valence-electron chi connectivity index (χ0n) is 11.6. The van der Waals surface area contributed by atoms with Crippen molar-refractivity contribution < 1.29 is 9.18 Å². The van der Waals surface area contributed by atoms with Crippen molar-refractivity contribution in [3.8, 4) is 0 Å². The summed E-state index contributed by atoms with van der Waals surface area (Å²) in [5, 5.41) is 0. The highest BCUT2D eigenvalue weighted by atomic mass is 19.1. The lowest BCUT2D eigenvalue weighted by Crippen LogP contribution is -2.35. The predicted octanol–water partition coefficient (Wildman–Crippen LogP) is 3.73. The topological polar surface area (TPSA) is 20.3 Å². The van der Waals surface area contributed by atoms with E-state index in [2.05, 4.69) is 6.07 Å². The van der Waals surface area contributed by atoms with Crippen molar-refractivity contribution in [2.45, 2.75) is 26.3 Å². The minimum Gasteiger partial charge on any atom is -0.305 e. The van der Waals surface area contributed by atoms with Crippen molar-refractivity contribution in [3.05, 3.63) is 65.0 Å². The molecule has 0 spiro atoms. The SMILES string of the molecule is Cc1cc(C(=O)N2c3ccccc3CC2C)ccc1F. The monoisotopic (exact) mass is 269 g/mol. The van der Waals surface area contributed by atoms with Crippen molar-refractivity contribution in [3.63, 3.8) is 0 Å². The van der Waals surface area contributed by atoms with Gasteiger partial charge in [0.25, 0.3) is 5.91 Å². The Bertz CT molecular complexity index is 680. The number of para-hydroxylation sites is 1. The third kappa shape index (κ3) is 1.99. The minimum atomic E-state index is -0.281. The molecule has 102 valence electrons. The maximum Gasteiger partial charge on any atom is 0.258 e. The van der Waals surface area contributed by atoms with E-state index in [1.807, 2.05) is 30.0 Å². The highest BCUT2D eigenvalue weighted by Crippen LogP contribution is 2.33. The molecule has 3 rings (SSSR count). The first kappa shape index (κ1) is 12.9. The lowest BCUT2D eigenvalue weighted by atomic mass is 10.1. The molecule has 1 aliphatic heterocycles. The van der Waals surface area contributed by atoms with Gasteiger partial charge in [-0.05, 0) is 55.7 Å². The van der Waals surface area contributed by atoms with Crippen molar-refractivity contribution in [1.29, 1.82) is 0 Å². The van der Waals surface area contributed by atoms with Crippen LogP contribution in [0.25, 0.3) is 0 Å². The Kier molecular flexibility index (Phi) is 3.05. The van der Waals surface area contributed by atoms with Crippen molar-refractivity contribution in [1.82, 2.24) is 0 Å². The number of carbonyl (C=O) groups excluding carboxylic acids is 1. The number of hydrogen-bond donors (Lipinski definition) is 0. The van der Waals surface area contributed by atoms with Crippen LogP contribution in [0, 0.1) is 12.7 Å². The third-order valence-electron chi connectivity index (χ3n) is 3.83. The minimum absolute atomic E-state index is 0.0643. The molecule has 0 saturated carbocycles. The van der Waals surface area contributed by atoms with Crippen LogP contribution < -0.4 is 4.90 Å². The number of halogens is 1. The molecular weight excluding hydrogens is 253 g/mol. The van der Waals surface area contributed by atoms with E-state index in [-0.39, 0.29) is 17.8 Å². The Morgan fingerprint density at radius 2 is 2.00 bits per heavy atom. The van der Waals surface area contributed by atoms with E-state index < -0.39 is 0 Å². The van der Waals surface area contributed by atoms with Crippen LogP contribution in [0.15, 0.2) is 42.5 Å². The van der Waals surface area contributed by atoms with E-state index in [9.17, 15) is 9.18 Å². The summed E-state index contributed by atoms with van der Waals surface area (Å²) in [5.41, 5.74) is 3.18. The van der Waals surface area contributed by atoms with Crippen molar-refractivity contribution >= 4 is 11.6 Å². The van der Waals surface area contributed by atoms with Crippen molar-refractivity contribution in [2.75, 3.05) is 4.90 Å². The fourth-order valence-corrected chi connectivity index (χ4v) is 2.79. The number of benzene rings is 2. The largest absolute Gasteiger partial charge is 0.305 e. The molecule has 2 nitrogen and oxygen atoms in total. The third-order valence-corrected chi connectivity index (χ3v) is 3.83. The van der Waals surface area contributed by atoms with E-state index >= 15 is 0 Å². The second-order valence-corrected chi connectivity index (χ2v) is 5.32. The molecule has 3 heteroatoms. The summed E-state index contributed by atoms with van der Waals surface area (Å²) in [6, 6.07) is 12.6. The molecule has 0 aliphatic carbocycles. The molecule has 0 fully saturated rings. The number of hydrogen-bond acceptors (Lipinski definition) is 1. The Hall–Kier alpha value is -2.16. The maximum absolute atomic E-state index is 13.3. The fraction of sp³-hybridized carbons (Fsp3) is 0.235. The lowest BCUT2D eigenvalue weighted by Gasteiger charge is -2.23. The van der Waals surface area contributed by atoms with Gasteiger partial charge in [0, 0.05) is 17.3 Å². The molecule has 1 unspecified atom stereocenters. The van der Waals surface area contributed by atoms with Crippen LogP contribution in [-0.4, -0.2) is 11.9 Å². The molecule has 20 heavy (non-hydrogen) atoms. The normalized spacial score (nSPS) is 17.1. The summed E-state index contributed by atoms with van der Waals surface area (Å²) in [7, 11) is 0. The van der Waals surface area contributed by atoms with Gasteiger partial charge in [0.2, 0.25) is 0 Å². The average molecular weight is 269 g/mol. The van der Waals surface area contributed by atoms with Gasteiger partial charge in [0.15, 0.2) is 0 Å². The predicted molar refractivity (Wildman–Crippen MR) is 77.6 cm³/mol. The first-order chi connectivity index (χ1) is 9.58. The Labute approximate surface area is 117 Å². The highest BCUT2D eigenvalue weighted by Gasteiger charge is 2.31. The first-order valence-corrected chi connectivity index (χ1v) is 6.75. The quantitative estimate of drug-likeness (QED) is 0.772. The molecule has 2 aromatic rings. The highest BCUT2D eigenvalue weighted by molar-refractivity contribution is 6.07. The number of rotatable bonds is 1. The molecule has 1 aliphatic rings. The van der Waals surface area contributed by atoms with Crippen molar-refractivity contribution in [2.24, 2.45) is 0 Å². The molecular formula is C17H16FNO. The molecule has 1 heterocycles. The van der Waals surface area contributed by atoms with E-state index in [0.29, 0.717) is 11.1 Å². The van der Waals surface area contributed by atoms with Gasteiger partial charge in [-0.1, -0.05) is 18.2 Å². The van der Waals surface area contributed by atoms with Crippen LogP contribution in [-0.2, 0) is 6.42 Å². The number of aryl methyl sites for hydroxylation is 1. The van der Waals surface area contributed by atoms with Gasteiger partial charge in [-0.2, -0.15) is 0 Å². The van der Waals surface area contributed by atoms with E-state index in [4.69, 9.17) is 0 Å². The summed E-state index contributed by atoms with van der Waals surface area (Å²) < 4.78 is 13.3. The van der Waals surface area contributed by atoms with E-state index in [1.165, 1.54) is 11.6 Å². The van der Waals surface area contributed by atoms with Crippen LogP contribution in [0.5, 0.6) is 0 Å². The fourth-order valence-electron chi connectivity index (χ4n) is 2.79. The number of nitrogens with zero attached hydrogens (tertiary/aromatic N) is 1. The molecule has 0 N–H and O–H groups in total. The maximum atomic E-state index is 13.3. The number of anilines is 1. The lowest BCUT2D eigenvalue weighted by molar-refractivity contribution is 0.0981. The molecule has 1 amide bonds. The van der Waals surface area contributed by atoms with Crippen LogP contribution in [0.2, 0.25) is 0 Å². The average Bonchev–Trinajstić information content (AvgIpc) is 2.77. The summed E-state index contributed by atoms with van der Waals surface area (Å²) in [4.78, 5) is 14.5. The number of carbonyl (C=O) groups is 1. The van der Waals surface area contributed by atoms with Gasteiger partial charge in [0.05, 0.1) is 0 Å². The summed E-state index contributed by atoms with van der Waals surface area (Å²) in [5.74, 6) is -0.345. The first-order valence-electron chi connectivity index (χ1n) is 6.75. The molecule has 0 bridgehead atoms. The summed E-state index contributed by atoms with van der Waals surface area (Å²) in [6.45, 7) is 3.71. The van der Waals surface area contributed by atoms with Gasteiger partial charge in [-0.3, -0.25) is 4.79 Å². The Balaban J connectivity index is 2.00. The molecule has 1 atom stereocenters. The zero-order valence-corrected chi connectivity index (χ0v) is 11.6. The number of fused-ring (bicyclic) bond motifs is 1. The molecule has 2 aromatic carbocycles. The van der Waals surface area contributed by atoms with Gasteiger partial charge >= 0.3 is 0 Å². The van der Waals surface area contributed by atoms with Crippen LogP contribution >= 0.6 is 0 Å². The Morgan fingerprint density at radius 1 is 1.25 bits per heavy atom. The standard InChI is InChI=1S/C17H16FNO/c1-11-9-14(7-8-15(11)18)17(20)19-12(2)10-13-5-3-4-6-16(13)19/h3-9,12H,10H2,1-2H3. The smallest absolute Gasteiger partial charge is 0.258 e. The second kappa shape index (κ2) is 4.75. The number of amides is 1. The molecule has 0 saturated heterocycles. The van der Waals surface area contributed by atoms with Crippen LogP contribution in [0.1, 0.15) is 28.4 Å². The van der Waals surface area contributed by atoms with Crippen LogP contribution in [0.4, 0.5) is 10.1 Å². The molecule has 0 radical (unpaired) electrons. The van der Waals surface area contributed by atoms with Gasteiger partial charge in [-0.25, -0.2) is 4.39 Å². The zero-order chi connectivity index (χ0) is 14.3. The van der Waals surface area contributed by atoms with Crippen LogP contribution in [0.3, 0.4) is 0 Å². The van der Waals surface area contributed by atoms with E-state index in [0.717, 1.165) is 12.1 Å². The van der Waals surface area contributed by atoms with Gasteiger partial charge in [-0.15, -0.1) is 0 Å².